The maximum absolute atomic E-state index is 7.33. The van der Waals surface area contributed by atoms with E-state index in [1.54, 1.807) is 6.07 Å². The Hall–Kier alpha value is -1.70. The molecule has 0 radical (unpaired) electrons. The minimum atomic E-state index is 0.244. The molecule has 0 fully saturated rings. The molecule has 2 heteroatoms. The summed E-state index contributed by atoms with van der Waals surface area (Å²) < 4.78 is 7.33. The minimum Gasteiger partial charge on any atom is -0.245 e. The van der Waals surface area contributed by atoms with Crippen molar-refractivity contribution >= 4 is 0 Å². The fraction of sp³-hybridized carbons (Fsp3) is 0. The monoisotopic (exact) mass is 158 g/mol. The number of aromatic nitrogens is 2. The maximum atomic E-state index is 7.33. The molecule has 1 aromatic heterocycles. The van der Waals surface area contributed by atoms with Crippen LogP contribution in [-0.2, 0) is 0 Å². The highest BCUT2D eigenvalue weighted by Gasteiger charge is 1.94. The number of nitrogens with zero attached hydrogens (tertiary/aromatic N) is 2. The van der Waals surface area contributed by atoms with E-state index in [4.69, 9.17) is 1.37 Å². The first-order valence-electron chi connectivity index (χ1n) is 4.20. The maximum Gasteiger partial charge on any atom is 0.116 e. The van der Waals surface area contributed by atoms with Crippen LogP contribution in [0.15, 0.2) is 48.9 Å². The quantitative estimate of drug-likeness (QED) is 0.635. The van der Waals surface area contributed by atoms with E-state index in [0.29, 0.717) is 0 Å². The zero-order valence-corrected chi connectivity index (χ0v) is 6.44. The Morgan fingerprint density at radius 1 is 1.08 bits per heavy atom. The van der Waals surface area contributed by atoms with Crippen molar-refractivity contribution in [3.05, 3.63) is 48.9 Å². The van der Waals surface area contributed by atoms with Crippen LogP contribution in [0.3, 0.4) is 0 Å². The van der Waals surface area contributed by atoms with Gasteiger partial charge in [0.25, 0.3) is 0 Å². The fourth-order valence-corrected chi connectivity index (χ4v) is 1.03. The van der Waals surface area contributed by atoms with Crippen LogP contribution in [0.4, 0.5) is 0 Å². The summed E-state index contributed by atoms with van der Waals surface area (Å²) in [6.07, 6.45) is 1.65. The van der Waals surface area contributed by atoms with Crippen LogP contribution in [0.2, 0.25) is 0 Å². The van der Waals surface area contributed by atoms with E-state index in [0.717, 1.165) is 11.3 Å². The third kappa shape index (κ3) is 1.32. The largest absolute Gasteiger partial charge is 0.245 e. The van der Waals surface area contributed by atoms with Gasteiger partial charge in [-0.1, -0.05) is 30.3 Å². The summed E-state index contributed by atoms with van der Waals surface area (Å²) in [5.41, 5.74) is 1.80. The number of rotatable bonds is 1. The van der Waals surface area contributed by atoms with Crippen molar-refractivity contribution in [2.45, 2.75) is 0 Å². The normalized spacial score (nSPS) is 10.8. The van der Waals surface area contributed by atoms with Crippen molar-refractivity contribution in [1.82, 2.24) is 9.97 Å². The molecule has 0 aliphatic rings. The number of hydrogen-bond acceptors (Lipinski definition) is 2. The van der Waals surface area contributed by atoms with Crippen LogP contribution in [0.25, 0.3) is 11.3 Å². The summed E-state index contributed by atoms with van der Waals surface area (Å²) >= 11 is 0. The molecule has 2 aromatic rings. The van der Waals surface area contributed by atoms with Gasteiger partial charge < -0.3 is 0 Å². The van der Waals surface area contributed by atoms with Crippen molar-refractivity contribution in [1.29, 1.82) is 0 Å². The lowest BCUT2D eigenvalue weighted by atomic mass is 10.1. The molecule has 0 saturated heterocycles. The van der Waals surface area contributed by atoms with E-state index >= 15 is 0 Å². The minimum absolute atomic E-state index is 0.244. The molecule has 0 bridgehead atoms. The summed E-state index contributed by atoms with van der Waals surface area (Å²) in [6.45, 7) is 0. The predicted molar refractivity (Wildman–Crippen MR) is 47.5 cm³/mol. The van der Waals surface area contributed by atoms with Gasteiger partial charge in [0.15, 0.2) is 0 Å². The van der Waals surface area contributed by atoms with E-state index in [9.17, 15) is 0 Å². The molecule has 2 nitrogen and oxygen atoms in total. The summed E-state index contributed by atoms with van der Waals surface area (Å²) in [6, 6.07) is 11.4. The van der Waals surface area contributed by atoms with Gasteiger partial charge in [0.05, 0.1) is 7.06 Å². The van der Waals surface area contributed by atoms with Gasteiger partial charge in [-0.25, -0.2) is 9.97 Å². The molecule has 0 amide bonds. The van der Waals surface area contributed by atoms with Crippen LogP contribution in [0, 0.1) is 0 Å². The average Bonchev–Trinajstić information content (AvgIpc) is 2.19. The van der Waals surface area contributed by atoms with Gasteiger partial charge in [-0.15, -0.1) is 0 Å². The zero-order valence-electron chi connectivity index (χ0n) is 7.44. The highest BCUT2D eigenvalue weighted by atomic mass is 14.8. The molecular weight excluding hydrogens is 148 g/mol. The van der Waals surface area contributed by atoms with Crippen LogP contribution in [0.5, 0.6) is 0 Å². The molecule has 58 valence electrons. The molecule has 0 N–H and O–H groups in total. The van der Waals surface area contributed by atoms with Gasteiger partial charge in [0.1, 0.15) is 6.33 Å². The first-order chi connectivity index (χ1) is 6.36. The molecular formula is C10H8N2. The van der Waals surface area contributed by atoms with Crippen molar-refractivity contribution in [3.8, 4) is 11.3 Å². The lowest BCUT2D eigenvalue weighted by Crippen LogP contribution is -1.82. The number of benzene rings is 1. The van der Waals surface area contributed by atoms with E-state index < -0.39 is 0 Å². The Kier molecular flexibility index (Phi) is 1.54. The molecule has 0 unspecified atom stereocenters. The van der Waals surface area contributed by atoms with E-state index in [-0.39, 0.29) is 6.17 Å². The highest BCUT2D eigenvalue weighted by molar-refractivity contribution is 5.57. The van der Waals surface area contributed by atoms with Gasteiger partial charge in [-0.2, -0.15) is 0 Å². The highest BCUT2D eigenvalue weighted by Crippen LogP contribution is 2.13. The van der Waals surface area contributed by atoms with Crippen LogP contribution in [-0.4, -0.2) is 9.97 Å². The molecule has 0 aliphatic heterocycles. The average molecular weight is 158 g/mol. The van der Waals surface area contributed by atoms with E-state index in [1.807, 2.05) is 30.3 Å². The SMILES string of the molecule is [3H]c1cc(-c2ccccc2)ncn1. The Morgan fingerprint density at radius 3 is 2.67 bits per heavy atom. The van der Waals surface area contributed by atoms with E-state index in [1.165, 1.54) is 6.33 Å². The van der Waals surface area contributed by atoms with Crippen molar-refractivity contribution in [3.63, 3.8) is 0 Å². The third-order valence-corrected chi connectivity index (χ3v) is 1.60. The van der Waals surface area contributed by atoms with Crippen LogP contribution in [0.1, 0.15) is 1.37 Å². The molecule has 1 heterocycles. The van der Waals surface area contributed by atoms with Gasteiger partial charge >= 0.3 is 0 Å². The van der Waals surface area contributed by atoms with Crippen LogP contribution >= 0.6 is 0 Å². The summed E-state index contributed by atoms with van der Waals surface area (Å²) in [5, 5.41) is 0. The van der Waals surface area contributed by atoms with Gasteiger partial charge in [0.2, 0.25) is 0 Å². The Bertz CT molecular complexity index is 401. The lowest BCUT2D eigenvalue weighted by molar-refractivity contribution is 1.17. The molecule has 2 rings (SSSR count). The Balaban J connectivity index is 2.48. The zero-order chi connectivity index (χ0) is 9.10. The molecule has 0 aliphatic carbocycles. The second-order valence-electron chi connectivity index (χ2n) is 2.40. The number of hydrogen-bond donors (Lipinski definition) is 0. The van der Waals surface area contributed by atoms with Crippen molar-refractivity contribution in [2.75, 3.05) is 0 Å². The van der Waals surface area contributed by atoms with Crippen molar-refractivity contribution in [2.24, 2.45) is 0 Å². The second kappa shape index (κ2) is 3.13. The Labute approximate surface area is 72.3 Å². The topological polar surface area (TPSA) is 25.8 Å². The van der Waals surface area contributed by atoms with Gasteiger partial charge in [-0.05, 0) is 6.07 Å². The second-order valence-corrected chi connectivity index (χ2v) is 2.40. The molecule has 0 saturated carbocycles. The Morgan fingerprint density at radius 2 is 1.92 bits per heavy atom. The first kappa shape index (κ1) is 5.89. The smallest absolute Gasteiger partial charge is 0.116 e. The summed E-state index contributed by atoms with van der Waals surface area (Å²) in [5.74, 6) is 0. The van der Waals surface area contributed by atoms with Crippen molar-refractivity contribution < 1.29 is 1.37 Å². The summed E-state index contributed by atoms with van der Waals surface area (Å²) in [4.78, 5) is 7.80. The standard InChI is InChI=1S/C10H8N2/c1-2-4-9(5-3-1)10-6-7-11-8-12-10/h1-8H/i7T. The molecule has 1 aromatic carbocycles. The molecule has 0 spiro atoms. The predicted octanol–water partition coefficient (Wildman–Crippen LogP) is 2.14. The fourth-order valence-electron chi connectivity index (χ4n) is 1.03. The van der Waals surface area contributed by atoms with Gasteiger partial charge in [-0.3, -0.25) is 0 Å². The lowest BCUT2D eigenvalue weighted by Gasteiger charge is -1.96. The van der Waals surface area contributed by atoms with Crippen LogP contribution < -0.4 is 0 Å². The molecule has 12 heavy (non-hydrogen) atoms. The summed E-state index contributed by atoms with van der Waals surface area (Å²) in [7, 11) is 0. The first-order valence-corrected chi connectivity index (χ1v) is 3.70. The van der Waals surface area contributed by atoms with E-state index in [2.05, 4.69) is 9.97 Å². The van der Waals surface area contributed by atoms with Gasteiger partial charge in [0, 0.05) is 11.7 Å². The third-order valence-electron chi connectivity index (χ3n) is 1.60. The molecule has 0 atom stereocenters.